The van der Waals surface area contributed by atoms with Gasteiger partial charge in [-0.3, -0.25) is 0 Å². The highest BCUT2D eigenvalue weighted by molar-refractivity contribution is 5.56. The van der Waals surface area contributed by atoms with Crippen molar-refractivity contribution >= 4 is 5.69 Å². The molecule has 0 saturated carbocycles. The van der Waals surface area contributed by atoms with Crippen LogP contribution in [0.1, 0.15) is 45.2 Å². The van der Waals surface area contributed by atoms with Gasteiger partial charge in [-0.25, -0.2) is 0 Å². The first kappa shape index (κ1) is 15.3. The van der Waals surface area contributed by atoms with Crippen LogP contribution in [0.2, 0.25) is 0 Å². The van der Waals surface area contributed by atoms with Crippen LogP contribution in [0.4, 0.5) is 5.69 Å². The smallest absolute Gasteiger partial charge is 0.0767 e. The standard InChI is InChI=1S/C17H28N2O/c1-16(2,17(3,4)20)18-12-13-8-9-15-14(11-13)7-6-10-19(15)5/h8-9,11,18,20H,6-7,10,12H2,1-5H3. The van der Waals surface area contributed by atoms with Gasteiger partial charge >= 0.3 is 0 Å². The molecular formula is C17H28N2O. The molecule has 0 aromatic heterocycles. The number of rotatable bonds is 4. The predicted octanol–water partition coefficient (Wildman–Crippen LogP) is 2.71. The van der Waals surface area contributed by atoms with Gasteiger partial charge in [0.15, 0.2) is 0 Å². The number of hydrogen-bond donors (Lipinski definition) is 2. The van der Waals surface area contributed by atoms with E-state index in [0.717, 1.165) is 13.1 Å². The molecule has 0 atom stereocenters. The first-order chi connectivity index (χ1) is 9.21. The summed E-state index contributed by atoms with van der Waals surface area (Å²) >= 11 is 0. The molecule has 0 saturated heterocycles. The molecule has 1 aromatic rings. The Labute approximate surface area is 123 Å². The van der Waals surface area contributed by atoms with Crippen molar-refractivity contribution in [2.24, 2.45) is 0 Å². The second kappa shape index (κ2) is 5.38. The maximum atomic E-state index is 10.2. The number of anilines is 1. The van der Waals surface area contributed by atoms with Crippen molar-refractivity contribution in [1.82, 2.24) is 5.32 Å². The Kier molecular flexibility index (Phi) is 4.12. The van der Waals surface area contributed by atoms with E-state index in [2.05, 4.69) is 35.5 Å². The minimum absolute atomic E-state index is 0.320. The lowest BCUT2D eigenvalue weighted by molar-refractivity contribution is -0.00531. The number of nitrogens with zero attached hydrogens (tertiary/aromatic N) is 1. The zero-order valence-corrected chi connectivity index (χ0v) is 13.5. The summed E-state index contributed by atoms with van der Waals surface area (Å²) in [6.45, 7) is 9.71. The molecule has 1 heterocycles. The van der Waals surface area contributed by atoms with Crippen LogP contribution in [-0.2, 0) is 13.0 Å². The number of aliphatic hydroxyl groups is 1. The SMILES string of the molecule is CN1CCCc2cc(CNC(C)(C)C(C)(C)O)ccc21. The van der Waals surface area contributed by atoms with Gasteiger partial charge in [0.05, 0.1) is 5.60 Å². The Balaban J connectivity index is 2.08. The summed E-state index contributed by atoms with van der Waals surface area (Å²) < 4.78 is 0. The van der Waals surface area contributed by atoms with E-state index in [1.807, 2.05) is 27.7 Å². The van der Waals surface area contributed by atoms with E-state index in [4.69, 9.17) is 0 Å². The van der Waals surface area contributed by atoms with Crippen molar-refractivity contribution in [3.8, 4) is 0 Å². The molecule has 0 aliphatic carbocycles. The zero-order chi connectivity index (χ0) is 15.0. The highest BCUT2D eigenvalue weighted by Gasteiger charge is 2.34. The highest BCUT2D eigenvalue weighted by Crippen LogP contribution is 2.27. The van der Waals surface area contributed by atoms with Gasteiger partial charge in [0, 0.05) is 31.4 Å². The Hall–Kier alpha value is -1.06. The molecule has 0 bridgehead atoms. The number of benzene rings is 1. The van der Waals surface area contributed by atoms with E-state index in [1.165, 1.54) is 29.7 Å². The van der Waals surface area contributed by atoms with E-state index in [9.17, 15) is 5.11 Å². The van der Waals surface area contributed by atoms with E-state index in [1.54, 1.807) is 0 Å². The van der Waals surface area contributed by atoms with Crippen LogP contribution in [0.3, 0.4) is 0 Å². The van der Waals surface area contributed by atoms with Crippen molar-refractivity contribution in [3.05, 3.63) is 29.3 Å². The second-order valence-corrected chi connectivity index (χ2v) is 7.03. The van der Waals surface area contributed by atoms with Crippen molar-refractivity contribution in [2.45, 2.75) is 58.2 Å². The predicted molar refractivity (Wildman–Crippen MR) is 85.2 cm³/mol. The lowest BCUT2D eigenvalue weighted by Crippen LogP contribution is -2.55. The summed E-state index contributed by atoms with van der Waals surface area (Å²) in [5, 5.41) is 13.7. The summed E-state index contributed by atoms with van der Waals surface area (Å²) in [7, 11) is 2.16. The topological polar surface area (TPSA) is 35.5 Å². The molecule has 0 radical (unpaired) electrons. The molecule has 3 nitrogen and oxygen atoms in total. The first-order valence-corrected chi connectivity index (χ1v) is 7.51. The van der Waals surface area contributed by atoms with Gasteiger partial charge in [0.1, 0.15) is 0 Å². The summed E-state index contributed by atoms with van der Waals surface area (Å²) in [5.41, 5.74) is 3.03. The molecule has 2 N–H and O–H groups in total. The Bertz CT molecular complexity index is 474. The van der Waals surface area contributed by atoms with Gasteiger partial charge in [-0.05, 0) is 57.7 Å². The maximum absolute atomic E-state index is 10.2. The third-order valence-electron chi connectivity index (χ3n) is 4.76. The maximum Gasteiger partial charge on any atom is 0.0767 e. The fourth-order valence-electron chi connectivity index (χ4n) is 2.49. The Morgan fingerprint density at radius 3 is 2.60 bits per heavy atom. The van der Waals surface area contributed by atoms with Crippen LogP contribution < -0.4 is 10.2 Å². The number of hydrogen-bond acceptors (Lipinski definition) is 3. The lowest BCUT2D eigenvalue weighted by Gasteiger charge is -2.38. The second-order valence-electron chi connectivity index (χ2n) is 7.03. The third-order valence-corrected chi connectivity index (χ3v) is 4.76. The Morgan fingerprint density at radius 1 is 1.25 bits per heavy atom. The number of aryl methyl sites for hydroxylation is 1. The molecule has 1 aliphatic heterocycles. The lowest BCUT2D eigenvalue weighted by atomic mass is 9.86. The summed E-state index contributed by atoms with van der Waals surface area (Å²) in [4.78, 5) is 2.33. The number of nitrogens with one attached hydrogen (secondary N) is 1. The van der Waals surface area contributed by atoms with Crippen molar-refractivity contribution < 1.29 is 5.11 Å². The molecule has 3 heteroatoms. The fraction of sp³-hybridized carbons (Fsp3) is 0.647. The molecule has 0 amide bonds. The van der Waals surface area contributed by atoms with Crippen LogP contribution in [0.15, 0.2) is 18.2 Å². The van der Waals surface area contributed by atoms with E-state index < -0.39 is 5.60 Å². The largest absolute Gasteiger partial charge is 0.389 e. The molecule has 20 heavy (non-hydrogen) atoms. The van der Waals surface area contributed by atoms with Gasteiger partial charge in [0.25, 0.3) is 0 Å². The summed E-state index contributed by atoms with van der Waals surface area (Å²) in [6.07, 6.45) is 2.40. The first-order valence-electron chi connectivity index (χ1n) is 7.51. The van der Waals surface area contributed by atoms with Gasteiger partial charge in [-0.1, -0.05) is 12.1 Å². The number of fused-ring (bicyclic) bond motifs is 1. The Morgan fingerprint density at radius 2 is 1.95 bits per heavy atom. The average Bonchev–Trinajstić information content (AvgIpc) is 2.35. The van der Waals surface area contributed by atoms with Crippen LogP contribution in [0.5, 0.6) is 0 Å². The highest BCUT2D eigenvalue weighted by atomic mass is 16.3. The van der Waals surface area contributed by atoms with Crippen LogP contribution in [-0.4, -0.2) is 29.8 Å². The van der Waals surface area contributed by atoms with Crippen molar-refractivity contribution in [1.29, 1.82) is 0 Å². The molecule has 1 aromatic carbocycles. The molecule has 0 unspecified atom stereocenters. The zero-order valence-electron chi connectivity index (χ0n) is 13.5. The van der Waals surface area contributed by atoms with Gasteiger partial charge in [-0.2, -0.15) is 0 Å². The summed E-state index contributed by atoms with van der Waals surface area (Å²) in [6, 6.07) is 6.72. The monoisotopic (exact) mass is 276 g/mol. The molecule has 1 aliphatic rings. The molecular weight excluding hydrogens is 248 g/mol. The minimum Gasteiger partial charge on any atom is -0.389 e. The van der Waals surface area contributed by atoms with Crippen LogP contribution in [0, 0.1) is 0 Å². The van der Waals surface area contributed by atoms with Gasteiger partial charge < -0.3 is 15.3 Å². The molecule has 2 rings (SSSR count). The molecule has 0 spiro atoms. The van der Waals surface area contributed by atoms with E-state index in [0.29, 0.717) is 0 Å². The van der Waals surface area contributed by atoms with E-state index in [-0.39, 0.29) is 5.54 Å². The normalized spacial score (nSPS) is 16.2. The molecule has 0 fully saturated rings. The van der Waals surface area contributed by atoms with E-state index >= 15 is 0 Å². The van der Waals surface area contributed by atoms with Crippen LogP contribution >= 0.6 is 0 Å². The van der Waals surface area contributed by atoms with Crippen molar-refractivity contribution in [3.63, 3.8) is 0 Å². The van der Waals surface area contributed by atoms with Gasteiger partial charge in [0.2, 0.25) is 0 Å². The minimum atomic E-state index is -0.749. The fourth-order valence-corrected chi connectivity index (χ4v) is 2.49. The van der Waals surface area contributed by atoms with Crippen LogP contribution in [0.25, 0.3) is 0 Å². The average molecular weight is 276 g/mol. The third kappa shape index (κ3) is 3.15. The molecule has 112 valence electrons. The summed E-state index contributed by atoms with van der Waals surface area (Å²) in [5.74, 6) is 0. The van der Waals surface area contributed by atoms with Gasteiger partial charge in [-0.15, -0.1) is 0 Å². The quantitative estimate of drug-likeness (QED) is 0.887. The van der Waals surface area contributed by atoms with Crippen molar-refractivity contribution in [2.75, 3.05) is 18.5 Å².